The molecule has 3 aromatic carbocycles. The Labute approximate surface area is 313 Å². The average Bonchev–Trinajstić information content (AvgIpc) is 3.70. The summed E-state index contributed by atoms with van der Waals surface area (Å²) in [7, 11) is 4.91. The number of ether oxygens (including phenoxy) is 2. The van der Waals surface area contributed by atoms with Gasteiger partial charge in [0.2, 0.25) is 11.9 Å². The molecule has 10 nitrogen and oxygen atoms in total. The number of nitrogens with one attached hydrogen (secondary N) is 1. The number of aromatic nitrogens is 2. The molecule has 2 unspecified atom stereocenters. The zero-order valence-corrected chi connectivity index (χ0v) is 30.8. The second kappa shape index (κ2) is 15.2. The quantitative estimate of drug-likeness (QED) is 0.158. The van der Waals surface area contributed by atoms with Crippen molar-refractivity contribution in [1.29, 1.82) is 0 Å². The van der Waals surface area contributed by atoms with Crippen LogP contribution >= 0.6 is 23.2 Å². The molecule has 2 aliphatic rings. The lowest BCUT2D eigenvalue weighted by molar-refractivity contribution is -0.198. The Hall–Kier alpha value is -4.37. The zero-order valence-electron chi connectivity index (χ0n) is 29.3. The topological polar surface area (TPSA) is 109 Å². The molecule has 1 amide bonds. The number of methoxy groups -OCH3 is 1. The molecule has 0 bridgehead atoms. The minimum absolute atomic E-state index is 0.0649. The lowest BCUT2D eigenvalue weighted by Gasteiger charge is -2.26. The third-order valence-corrected chi connectivity index (χ3v) is 10.5. The number of hydrogen-bond donors (Lipinski definition) is 2. The maximum absolute atomic E-state index is 15.9. The van der Waals surface area contributed by atoms with E-state index in [4.69, 9.17) is 32.7 Å². The standard InChI is InChI=1S/C37H37Cl2F4N5O5/c1-19-22(24-9-6-10-26(29(24)39)45-35(49)34-44-27-18-46(2)13-12-28(27)47(34)3)7-5-8-23(19)33(37(41,42)43)53-32-25(38)15-21(31(52-4)30(32)40)17-48-14-11-20(16-48)36(50)51/h5-10,15,20,33H,11-14,16-18H2,1-4H3,(H,45,49)(H,50,51). The van der Waals surface area contributed by atoms with Crippen molar-refractivity contribution in [3.05, 3.63) is 92.2 Å². The Balaban J connectivity index is 1.29. The van der Waals surface area contributed by atoms with E-state index in [1.165, 1.54) is 32.2 Å². The fourth-order valence-corrected chi connectivity index (χ4v) is 7.56. The molecule has 1 fully saturated rings. The summed E-state index contributed by atoms with van der Waals surface area (Å²) in [4.78, 5) is 33.2. The molecule has 0 saturated carbocycles. The van der Waals surface area contributed by atoms with Gasteiger partial charge in [-0.3, -0.25) is 14.5 Å². The second-order valence-electron chi connectivity index (χ2n) is 13.3. The highest BCUT2D eigenvalue weighted by Crippen LogP contribution is 2.46. The van der Waals surface area contributed by atoms with Crippen molar-refractivity contribution >= 4 is 40.8 Å². The maximum Gasteiger partial charge on any atom is 0.429 e. The number of carbonyl (C=O) groups is 2. The van der Waals surface area contributed by atoms with Crippen LogP contribution in [0.1, 0.15) is 51.2 Å². The molecule has 282 valence electrons. The molecule has 0 radical (unpaired) electrons. The Morgan fingerprint density at radius 1 is 1.09 bits per heavy atom. The minimum atomic E-state index is -5.03. The highest BCUT2D eigenvalue weighted by atomic mass is 35.5. The third kappa shape index (κ3) is 7.68. The Morgan fingerprint density at radius 3 is 2.49 bits per heavy atom. The van der Waals surface area contributed by atoms with E-state index < -0.39 is 46.7 Å². The van der Waals surface area contributed by atoms with Gasteiger partial charge in [0.1, 0.15) is 0 Å². The molecule has 4 aromatic rings. The molecule has 1 aromatic heterocycles. The van der Waals surface area contributed by atoms with Gasteiger partial charge in [-0.1, -0.05) is 53.5 Å². The van der Waals surface area contributed by atoms with E-state index in [-0.39, 0.29) is 52.1 Å². The number of carboxylic acid groups (broad SMARTS) is 1. The number of nitrogens with zero attached hydrogens (tertiary/aromatic N) is 4. The number of carboxylic acids is 1. The summed E-state index contributed by atoms with van der Waals surface area (Å²) in [6, 6.07) is 10.3. The number of imidazole rings is 1. The number of alkyl halides is 3. The van der Waals surface area contributed by atoms with E-state index in [1.54, 1.807) is 40.8 Å². The van der Waals surface area contributed by atoms with Gasteiger partial charge in [0.15, 0.2) is 17.3 Å². The molecule has 0 aliphatic carbocycles. The van der Waals surface area contributed by atoms with Gasteiger partial charge >= 0.3 is 12.1 Å². The van der Waals surface area contributed by atoms with Crippen molar-refractivity contribution < 1.29 is 41.7 Å². The van der Waals surface area contributed by atoms with Crippen molar-refractivity contribution in [2.45, 2.75) is 45.1 Å². The fraction of sp³-hybridized carbons (Fsp3) is 0.378. The van der Waals surface area contributed by atoms with Gasteiger partial charge in [-0.15, -0.1) is 0 Å². The highest BCUT2D eigenvalue weighted by Gasteiger charge is 2.45. The van der Waals surface area contributed by atoms with Crippen molar-refractivity contribution in [3.63, 3.8) is 0 Å². The van der Waals surface area contributed by atoms with E-state index in [0.717, 1.165) is 24.4 Å². The zero-order chi connectivity index (χ0) is 38.4. The SMILES string of the molecule is COc1c(CN2CCC(C(=O)O)C2)cc(Cl)c(OC(c2cccc(-c3cccc(NC(=O)c4nc5c(n4C)CCN(C)C5)c3Cl)c2C)C(F)(F)F)c1F. The number of likely N-dealkylation sites (tertiary alicyclic amines) is 1. The molecular formula is C37H37Cl2F4N5O5. The summed E-state index contributed by atoms with van der Waals surface area (Å²) < 4.78 is 72.9. The molecule has 1 saturated heterocycles. The van der Waals surface area contributed by atoms with Crippen LogP contribution in [0.15, 0.2) is 42.5 Å². The minimum Gasteiger partial charge on any atom is -0.493 e. The van der Waals surface area contributed by atoms with Gasteiger partial charge in [0.05, 0.1) is 34.5 Å². The first kappa shape index (κ1) is 38.4. The Kier molecular flexibility index (Phi) is 11.0. The Bertz CT molecular complexity index is 2070. The van der Waals surface area contributed by atoms with Crippen molar-refractivity contribution in [1.82, 2.24) is 19.4 Å². The van der Waals surface area contributed by atoms with Crippen LogP contribution in [0.5, 0.6) is 11.5 Å². The molecule has 0 spiro atoms. The molecule has 6 rings (SSSR count). The molecular weight excluding hydrogens is 741 g/mol. The number of fused-ring (bicyclic) bond motifs is 1. The monoisotopic (exact) mass is 777 g/mol. The number of benzene rings is 3. The maximum atomic E-state index is 15.9. The van der Waals surface area contributed by atoms with Crippen LogP contribution in [-0.2, 0) is 31.4 Å². The van der Waals surface area contributed by atoms with Gasteiger partial charge in [0, 0.05) is 62.0 Å². The van der Waals surface area contributed by atoms with Crippen LogP contribution in [0.3, 0.4) is 0 Å². The largest absolute Gasteiger partial charge is 0.493 e. The molecule has 53 heavy (non-hydrogen) atoms. The number of likely N-dealkylation sites (N-methyl/N-ethyl adjacent to an activating group) is 1. The van der Waals surface area contributed by atoms with Crippen molar-refractivity contribution in [3.8, 4) is 22.6 Å². The third-order valence-electron chi connectivity index (χ3n) is 9.81. The Morgan fingerprint density at radius 2 is 1.81 bits per heavy atom. The van der Waals surface area contributed by atoms with Gasteiger partial charge in [0.25, 0.3) is 5.91 Å². The number of rotatable bonds is 10. The van der Waals surface area contributed by atoms with E-state index in [9.17, 15) is 27.9 Å². The second-order valence-corrected chi connectivity index (χ2v) is 14.1. The van der Waals surface area contributed by atoms with Gasteiger partial charge in [-0.05, 0) is 50.2 Å². The first-order valence-corrected chi connectivity index (χ1v) is 17.5. The van der Waals surface area contributed by atoms with E-state index in [0.29, 0.717) is 30.6 Å². The summed E-state index contributed by atoms with van der Waals surface area (Å²) >= 11 is 13.2. The van der Waals surface area contributed by atoms with Crippen LogP contribution < -0.4 is 14.8 Å². The van der Waals surface area contributed by atoms with Crippen molar-refractivity contribution in [2.24, 2.45) is 13.0 Å². The summed E-state index contributed by atoms with van der Waals surface area (Å²) in [5, 5.41) is 11.8. The first-order chi connectivity index (χ1) is 25.1. The molecule has 2 atom stereocenters. The number of halogens is 6. The van der Waals surface area contributed by atoms with Gasteiger partial charge < -0.3 is 29.4 Å². The summed E-state index contributed by atoms with van der Waals surface area (Å²) in [6.45, 7) is 3.61. The van der Waals surface area contributed by atoms with Crippen LogP contribution in [0.4, 0.5) is 23.2 Å². The normalized spacial score (nSPS) is 17.1. The average molecular weight is 779 g/mol. The number of amides is 1. The van der Waals surface area contributed by atoms with E-state index in [2.05, 4.69) is 15.2 Å². The molecule has 3 heterocycles. The lowest BCUT2D eigenvalue weighted by Crippen LogP contribution is -2.27. The van der Waals surface area contributed by atoms with Gasteiger partial charge in [-0.2, -0.15) is 17.6 Å². The van der Waals surface area contributed by atoms with Crippen LogP contribution in [0.25, 0.3) is 11.1 Å². The van der Waals surface area contributed by atoms with Crippen LogP contribution in [-0.4, -0.2) is 76.3 Å². The summed E-state index contributed by atoms with van der Waals surface area (Å²) in [5.74, 6) is -4.27. The lowest BCUT2D eigenvalue weighted by atomic mass is 9.93. The van der Waals surface area contributed by atoms with E-state index >= 15 is 4.39 Å². The van der Waals surface area contributed by atoms with Crippen LogP contribution in [0.2, 0.25) is 10.0 Å². The van der Waals surface area contributed by atoms with Crippen LogP contribution in [0, 0.1) is 18.7 Å². The number of carbonyl (C=O) groups excluding carboxylic acids is 1. The van der Waals surface area contributed by atoms with Crippen molar-refractivity contribution in [2.75, 3.05) is 39.1 Å². The number of anilines is 1. The smallest absolute Gasteiger partial charge is 0.429 e. The highest BCUT2D eigenvalue weighted by molar-refractivity contribution is 6.36. The van der Waals surface area contributed by atoms with Gasteiger partial charge in [-0.25, -0.2) is 4.98 Å². The fourth-order valence-electron chi connectivity index (χ4n) is 7.03. The first-order valence-electron chi connectivity index (χ1n) is 16.7. The predicted octanol–water partition coefficient (Wildman–Crippen LogP) is 7.68. The molecule has 16 heteroatoms. The number of aliphatic carboxylic acids is 1. The molecule has 2 N–H and O–H groups in total. The summed E-state index contributed by atoms with van der Waals surface area (Å²) in [5.41, 5.74) is 2.72. The number of hydrogen-bond acceptors (Lipinski definition) is 7. The summed E-state index contributed by atoms with van der Waals surface area (Å²) in [6.07, 6.45) is -6.54. The molecule has 2 aliphatic heterocycles. The van der Waals surface area contributed by atoms with E-state index in [1.807, 2.05) is 7.05 Å². The predicted molar refractivity (Wildman–Crippen MR) is 191 cm³/mol.